The van der Waals surface area contributed by atoms with Crippen molar-refractivity contribution in [2.45, 2.75) is 13.0 Å². The fraction of sp³-hybridized carbons (Fsp3) is 0.188. The van der Waals surface area contributed by atoms with E-state index in [0.717, 1.165) is 11.8 Å². The van der Waals surface area contributed by atoms with Crippen LogP contribution in [0.2, 0.25) is 0 Å². The molecule has 0 bridgehead atoms. The van der Waals surface area contributed by atoms with E-state index in [1.807, 2.05) is 6.07 Å². The molecule has 0 saturated heterocycles. The first-order chi connectivity index (χ1) is 11.6. The van der Waals surface area contributed by atoms with E-state index < -0.39 is 16.0 Å². The molecule has 0 amide bonds. The Hall–Kier alpha value is -1.58. The number of rotatable bonds is 7. The molecule has 6 nitrogen and oxygen atoms in total. The van der Waals surface area contributed by atoms with Gasteiger partial charge in [-0.15, -0.1) is 0 Å². The molecule has 2 aromatic carbocycles. The van der Waals surface area contributed by atoms with Crippen LogP contribution in [0.5, 0.6) is 5.75 Å². The second-order valence-electron chi connectivity index (χ2n) is 5.32. The van der Waals surface area contributed by atoms with Crippen molar-refractivity contribution in [2.75, 3.05) is 11.0 Å². The van der Waals surface area contributed by atoms with Gasteiger partial charge in [0.25, 0.3) is 0 Å². The molecular weight excluding hydrogens is 478 g/mol. The first-order valence-electron chi connectivity index (χ1n) is 7.03. The average molecular weight is 493 g/mol. The molecule has 0 unspecified atom stereocenters. The standard InChI is InChI=1S/C16H15Br2NO5S/c1-25(22,23)19-12-4-2-3-10(5-12)9-24-16-13(17)6-11(7-14(16)18)8-15(20)21/h2-7,19H,8-9H2,1H3,(H,20,21). The lowest BCUT2D eigenvalue weighted by molar-refractivity contribution is -0.136. The van der Waals surface area contributed by atoms with Crippen molar-refractivity contribution in [3.05, 3.63) is 56.5 Å². The topological polar surface area (TPSA) is 92.7 Å². The van der Waals surface area contributed by atoms with Crippen LogP contribution in [0.3, 0.4) is 0 Å². The highest BCUT2D eigenvalue weighted by Crippen LogP contribution is 2.35. The van der Waals surface area contributed by atoms with Gasteiger partial charge in [0.2, 0.25) is 10.0 Å². The molecule has 0 aliphatic rings. The molecule has 0 aliphatic heterocycles. The van der Waals surface area contributed by atoms with E-state index in [9.17, 15) is 13.2 Å². The number of halogens is 2. The molecule has 25 heavy (non-hydrogen) atoms. The minimum absolute atomic E-state index is 0.0866. The van der Waals surface area contributed by atoms with Gasteiger partial charge in [0, 0.05) is 5.69 Å². The van der Waals surface area contributed by atoms with Gasteiger partial charge in [-0.2, -0.15) is 0 Å². The summed E-state index contributed by atoms with van der Waals surface area (Å²) in [6.07, 6.45) is 1.000. The number of carboxylic acid groups (broad SMARTS) is 1. The summed E-state index contributed by atoms with van der Waals surface area (Å²) in [5.41, 5.74) is 1.87. The zero-order valence-electron chi connectivity index (χ0n) is 13.1. The molecular formula is C16H15Br2NO5S. The molecule has 0 fully saturated rings. The quantitative estimate of drug-likeness (QED) is 0.613. The highest BCUT2D eigenvalue weighted by atomic mass is 79.9. The Kier molecular flexibility index (Phi) is 6.47. The summed E-state index contributed by atoms with van der Waals surface area (Å²) in [6, 6.07) is 10.3. The Bertz CT molecular complexity index is 876. The number of carbonyl (C=O) groups is 1. The molecule has 2 aromatic rings. The van der Waals surface area contributed by atoms with E-state index in [2.05, 4.69) is 36.6 Å². The second kappa shape index (κ2) is 8.20. The van der Waals surface area contributed by atoms with Crippen LogP contribution >= 0.6 is 31.9 Å². The van der Waals surface area contributed by atoms with Crippen molar-refractivity contribution < 1.29 is 23.1 Å². The first kappa shape index (κ1) is 19.7. The van der Waals surface area contributed by atoms with Crippen molar-refractivity contribution in [1.82, 2.24) is 0 Å². The zero-order valence-corrected chi connectivity index (χ0v) is 17.1. The Morgan fingerprint density at radius 3 is 2.36 bits per heavy atom. The predicted molar refractivity (Wildman–Crippen MR) is 102 cm³/mol. The fourth-order valence-corrected chi connectivity index (χ4v) is 4.19. The number of ether oxygens (including phenoxy) is 1. The fourth-order valence-electron chi connectivity index (χ4n) is 2.12. The predicted octanol–water partition coefficient (Wildman–Crippen LogP) is 3.79. The number of hydrogen-bond donors (Lipinski definition) is 2. The van der Waals surface area contributed by atoms with Gasteiger partial charge in [0.15, 0.2) is 0 Å². The monoisotopic (exact) mass is 491 g/mol. The van der Waals surface area contributed by atoms with Crippen molar-refractivity contribution in [3.63, 3.8) is 0 Å². The number of anilines is 1. The van der Waals surface area contributed by atoms with Gasteiger partial charge in [0.05, 0.1) is 21.6 Å². The summed E-state index contributed by atoms with van der Waals surface area (Å²) >= 11 is 6.75. The van der Waals surface area contributed by atoms with Crippen molar-refractivity contribution in [3.8, 4) is 5.75 Å². The van der Waals surface area contributed by atoms with Crippen LogP contribution in [-0.2, 0) is 27.8 Å². The summed E-state index contributed by atoms with van der Waals surface area (Å²) in [6.45, 7) is 0.217. The van der Waals surface area contributed by atoms with Gasteiger partial charge < -0.3 is 9.84 Å². The lowest BCUT2D eigenvalue weighted by Crippen LogP contribution is -2.09. The van der Waals surface area contributed by atoms with Gasteiger partial charge in [-0.3, -0.25) is 9.52 Å². The third-order valence-electron chi connectivity index (χ3n) is 3.03. The number of aliphatic carboxylic acids is 1. The number of benzene rings is 2. The van der Waals surface area contributed by atoms with Crippen LogP contribution in [0.1, 0.15) is 11.1 Å². The van der Waals surface area contributed by atoms with Crippen LogP contribution in [0.25, 0.3) is 0 Å². The molecule has 0 aromatic heterocycles. The first-order valence-corrected chi connectivity index (χ1v) is 10.5. The van der Waals surface area contributed by atoms with E-state index in [0.29, 0.717) is 25.9 Å². The third kappa shape index (κ3) is 6.33. The smallest absolute Gasteiger partial charge is 0.307 e. The minimum Gasteiger partial charge on any atom is -0.487 e. The molecule has 0 heterocycles. The van der Waals surface area contributed by atoms with E-state index in [1.54, 1.807) is 30.3 Å². The van der Waals surface area contributed by atoms with Crippen LogP contribution in [0.4, 0.5) is 5.69 Å². The van der Waals surface area contributed by atoms with Crippen molar-refractivity contribution >= 4 is 53.5 Å². The molecule has 0 spiro atoms. The van der Waals surface area contributed by atoms with E-state index in [1.165, 1.54) is 0 Å². The number of sulfonamides is 1. The highest BCUT2D eigenvalue weighted by molar-refractivity contribution is 9.11. The SMILES string of the molecule is CS(=O)(=O)Nc1cccc(COc2c(Br)cc(CC(=O)O)cc2Br)c1. The third-order valence-corrected chi connectivity index (χ3v) is 4.81. The summed E-state index contributed by atoms with van der Waals surface area (Å²) in [5, 5.41) is 8.87. The van der Waals surface area contributed by atoms with Crippen LogP contribution in [0.15, 0.2) is 45.3 Å². The number of hydrogen-bond acceptors (Lipinski definition) is 4. The van der Waals surface area contributed by atoms with Crippen molar-refractivity contribution in [1.29, 1.82) is 0 Å². The minimum atomic E-state index is -3.34. The Labute approximate surface area is 162 Å². The molecule has 2 N–H and O–H groups in total. The van der Waals surface area contributed by atoms with E-state index in [-0.39, 0.29) is 13.0 Å². The lowest BCUT2D eigenvalue weighted by atomic mass is 10.1. The maximum Gasteiger partial charge on any atom is 0.307 e. The summed E-state index contributed by atoms with van der Waals surface area (Å²) in [4.78, 5) is 10.8. The number of carboxylic acids is 1. The second-order valence-corrected chi connectivity index (χ2v) is 8.78. The molecule has 0 saturated carbocycles. The maximum absolute atomic E-state index is 11.3. The summed E-state index contributed by atoms with van der Waals surface area (Å²) in [5.74, 6) is -0.377. The van der Waals surface area contributed by atoms with Crippen LogP contribution in [-0.4, -0.2) is 25.7 Å². The van der Waals surface area contributed by atoms with Gasteiger partial charge in [-0.1, -0.05) is 12.1 Å². The lowest BCUT2D eigenvalue weighted by Gasteiger charge is -2.13. The van der Waals surface area contributed by atoms with Gasteiger partial charge in [-0.05, 0) is 67.3 Å². The Balaban J connectivity index is 2.14. The van der Waals surface area contributed by atoms with Gasteiger partial charge >= 0.3 is 5.97 Å². The summed E-state index contributed by atoms with van der Waals surface area (Å²) in [7, 11) is -3.34. The van der Waals surface area contributed by atoms with Gasteiger partial charge in [0.1, 0.15) is 12.4 Å². The molecule has 9 heteroatoms. The van der Waals surface area contributed by atoms with Crippen LogP contribution < -0.4 is 9.46 Å². The molecule has 0 atom stereocenters. The normalized spacial score (nSPS) is 11.2. The zero-order chi connectivity index (χ0) is 18.6. The Morgan fingerprint density at radius 2 is 1.80 bits per heavy atom. The molecule has 2 rings (SSSR count). The van der Waals surface area contributed by atoms with E-state index >= 15 is 0 Å². The molecule has 134 valence electrons. The molecule has 0 aliphatic carbocycles. The van der Waals surface area contributed by atoms with E-state index in [4.69, 9.17) is 9.84 Å². The van der Waals surface area contributed by atoms with Crippen LogP contribution in [0, 0.1) is 0 Å². The Morgan fingerprint density at radius 1 is 1.16 bits per heavy atom. The van der Waals surface area contributed by atoms with Gasteiger partial charge in [-0.25, -0.2) is 8.42 Å². The highest BCUT2D eigenvalue weighted by Gasteiger charge is 2.11. The summed E-state index contributed by atoms with van der Waals surface area (Å²) < 4.78 is 32.0. The average Bonchev–Trinajstić information content (AvgIpc) is 2.44. The number of nitrogens with one attached hydrogen (secondary N) is 1. The largest absolute Gasteiger partial charge is 0.487 e. The van der Waals surface area contributed by atoms with Crippen molar-refractivity contribution in [2.24, 2.45) is 0 Å². The molecule has 0 radical (unpaired) electrons. The maximum atomic E-state index is 11.3.